The van der Waals surface area contributed by atoms with Crippen molar-refractivity contribution in [3.05, 3.63) is 35.4 Å². The van der Waals surface area contributed by atoms with Gasteiger partial charge in [-0.25, -0.2) is 13.1 Å². The largest absolute Gasteiger partial charge is 0.300 e. The van der Waals surface area contributed by atoms with Crippen molar-refractivity contribution in [2.45, 2.75) is 30.7 Å². The summed E-state index contributed by atoms with van der Waals surface area (Å²) in [6, 6.07) is 7.98. The molecule has 0 aromatic heterocycles. The Labute approximate surface area is 108 Å². The van der Waals surface area contributed by atoms with Crippen LogP contribution in [-0.2, 0) is 16.6 Å². The molecule has 0 spiro atoms. The highest BCUT2D eigenvalue weighted by Gasteiger charge is 2.38. The molecule has 0 bridgehead atoms. The number of likely N-dealkylation sites (N-methyl/N-ethyl adjacent to an activating group) is 1. The predicted octanol–water partition coefficient (Wildman–Crippen LogP) is 1.25. The number of fused-ring (bicyclic) bond motifs is 1. The Morgan fingerprint density at radius 2 is 2.00 bits per heavy atom. The molecular formula is C13H18N2O2S. The van der Waals surface area contributed by atoms with Gasteiger partial charge in [0.05, 0.1) is 11.3 Å². The fraction of sp³-hybridized carbons (Fsp3) is 0.538. The zero-order valence-corrected chi connectivity index (χ0v) is 11.3. The summed E-state index contributed by atoms with van der Waals surface area (Å²) in [5, 5.41) is -0.156. The van der Waals surface area contributed by atoms with Crippen LogP contribution in [0.15, 0.2) is 24.3 Å². The molecule has 5 heteroatoms. The lowest BCUT2D eigenvalue weighted by Gasteiger charge is -2.32. The lowest BCUT2D eigenvalue weighted by molar-refractivity contribution is 0.274. The zero-order chi connectivity index (χ0) is 12.8. The molecule has 1 saturated carbocycles. The van der Waals surface area contributed by atoms with Crippen molar-refractivity contribution in [2.75, 3.05) is 13.6 Å². The van der Waals surface area contributed by atoms with Gasteiger partial charge in [0.1, 0.15) is 0 Å². The van der Waals surface area contributed by atoms with E-state index in [4.69, 9.17) is 0 Å². The Kier molecular flexibility index (Phi) is 2.92. The molecular weight excluding hydrogens is 248 g/mol. The second-order valence-corrected chi connectivity index (χ2v) is 7.30. The lowest BCUT2D eigenvalue weighted by atomic mass is 9.96. The second-order valence-electron chi connectivity index (χ2n) is 5.31. The third kappa shape index (κ3) is 2.30. The molecule has 1 atom stereocenters. The van der Waals surface area contributed by atoms with Gasteiger partial charge < -0.3 is 4.90 Å². The van der Waals surface area contributed by atoms with E-state index in [1.165, 1.54) is 5.56 Å². The Morgan fingerprint density at radius 3 is 2.72 bits per heavy atom. The molecule has 2 aliphatic rings. The minimum absolute atomic E-state index is 0.106. The van der Waals surface area contributed by atoms with E-state index >= 15 is 0 Å². The summed E-state index contributed by atoms with van der Waals surface area (Å²) in [7, 11) is -1.11. The lowest BCUT2D eigenvalue weighted by Crippen LogP contribution is -2.41. The normalized spacial score (nSPS) is 24.8. The van der Waals surface area contributed by atoms with Crippen LogP contribution in [0, 0.1) is 0 Å². The minimum Gasteiger partial charge on any atom is -0.300 e. The van der Waals surface area contributed by atoms with Crippen LogP contribution in [0.25, 0.3) is 0 Å². The molecule has 0 saturated heterocycles. The van der Waals surface area contributed by atoms with Crippen LogP contribution in [0.4, 0.5) is 0 Å². The summed E-state index contributed by atoms with van der Waals surface area (Å²) in [5.41, 5.74) is 2.34. The second kappa shape index (κ2) is 4.33. The SMILES string of the molecule is CN1Cc2ccccc2C(NS(=O)(=O)C2CC2)C1. The number of benzene rings is 1. The Morgan fingerprint density at radius 1 is 1.28 bits per heavy atom. The van der Waals surface area contributed by atoms with E-state index in [-0.39, 0.29) is 11.3 Å². The quantitative estimate of drug-likeness (QED) is 0.896. The Bertz CT molecular complexity index is 552. The molecule has 1 aromatic rings. The Hall–Kier alpha value is -0.910. The first-order chi connectivity index (χ1) is 8.56. The molecule has 18 heavy (non-hydrogen) atoms. The summed E-state index contributed by atoms with van der Waals surface area (Å²) in [6.07, 6.45) is 1.61. The fourth-order valence-corrected chi connectivity index (χ4v) is 4.10. The number of hydrogen-bond acceptors (Lipinski definition) is 3. The third-order valence-electron chi connectivity index (χ3n) is 3.63. The maximum absolute atomic E-state index is 12.0. The maximum atomic E-state index is 12.0. The first kappa shape index (κ1) is 12.1. The molecule has 1 aliphatic heterocycles. The zero-order valence-electron chi connectivity index (χ0n) is 10.5. The van der Waals surface area contributed by atoms with Gasteiger partial charge in [-0.2, -0.15) is 0 Å². The van der Waals surface area contributed by atoms with Crippen molar-refractivity contribution in [3.63, 3.8) is 0 Å². The van der Waals surface area contributed by atoms with E-state index in [1.54, 1.807) is 0 Å². The van der Waals surface area contributed by atoms with E-state index in [1.807, 2.05) is 25.2 Å². The standard InChI is InChI=1S/C13H18N2O2S/c1-15-8-10-4-2-3-5-12(10)13(9-15)14-18(16,17)11-6-7-11/h2-5,11,13-14H,6-9H2,1H3. The van der Waals surface area contributed by atoms with Crippen molar-refractivity contribution in [2.24, 2.45) is 0 Å². The average Bonchev–Trinajstić information content (AvgIpc) is 3.12. The number of nitrogens with one attached hydrogen (secondary N) is 1. The fourth-order valence-electron chi connectivity index (χ4n) is 2.56. The van der Waals surface area contributed by atoms with Crippen LogP contribution in [0.5, 0.6) is 0 Å². The topological polar surface area (TPSA) is 49.4 Å². The monoisotopic (exact) mass is 266 g/mol. The summed E-state index contributed by atoms with van der Waals surface area (Å²) in [5.74, 6) is 0. The summed E-state index contributed by atoms with van der Waals surface area (Å²) in [6.45, 7) is 1.63. The van der Waals surface area contributed by atoms with Gasteiger partial charge in [-0.15, -0.1) is 0 Å². The number of sulfonamides is 1. The van der Waals surface area contributed by atoms with Crippen LogP contribution in [0.3, 0.4) is 0 Å². The van der Waals surface area contributed by atoms with Crippen molar-refractivity contribution in [1.29, 1.82) is 0 Å². The predicted molar refractivity (Wildman–Crippen MR) is 70.6 cm³/mol. The van der Waals surface area contributed by atoms with E-state index in [9.17, 15) is 8.42 Å². The third-order valence-corrected chi connectivity index (χ3v) is 5.60. The molecule has 1 unspecified atom stereocenters. The molecule has 4 nitrogen and oxygen atoms in total. The van der Waals surface area contributed by atoms with Crippen LogP contribution in [-0.4, -0.2) is 32.2 Å². The van der Waals surface area contributed by atoms with Gasteiger partial charge in [0, 0.05) is 13.1 Å². The van der Waals surface area contributed by atoms with Gasteiger partial charge in [0.15, 0.2) is 0 Å². The summed E-state index contributed by atoms with van der Waals surface area (Å²) < 4.78 is 27.0. The van der Waals surface area contributed by atoms with Gasteiger partial charge in [-0.05, 0) is 31.0 Å². The number of hydrogen-bond donors (Lipinski definition) is 1. The minimum atomic E-state index is -3.13. The van der Waals surface area contributed by atoms with Crippen LogP contribution in [0.2, 0.25) is 0 Å². The van der Waals surface area contributed by atoms with Crippen molar-refractivity contribution < 1.29 is 8.42 Å². The molecule has 1 fully saturated rings. The molecule has 0 amide bonds. The van der Waals surface area contributed by atoms with E-state index in [2.05, 4.69) is 15.7 Å². The average molecular weight is 266 g/mol. The maximum Gasteiger partial charge on any atom is 0.215 e. The first-order valence-electron chi connectivity index (χ1n) is 6.34. The van der Waals surface area contributed by atoms with E-state index in [0.717, 1.165) is 31.5 Å². The highest BCUT2D eigenvalue weighted by Crippen LogP contribution is 2.31. The molecule has 1 N–H and O–H groups in total. The van der Waals surface area contributed by atoms with Gasteiger partial charge in [-0.1, -0.05) is 24.3 Å². The van der Waals surface area contributed by atoms with Crippen LogP contribution < -0.4 is 4.72 Å². The van der Waals surface area contributed by atoms with Crippen molar-refractivity contribution >= 4 is 10.0 Å². The first-order valence-corrected chi connectivity index (χ1v) is 7.88. The summed E-state index contributed by atoms with van der Waals surface area (Å²) >= 11 is 0. The molecule has 1 aromatic carbocycles. The van der Waals surface area contributed by atoms with Gasteiger partial charge >= 0.3 is 0 Å². The molecule has 0 radical (unpaired) electrons. The molecule has 1 aliphatic carbocycles. The van der Waals surface area contributed by atoms with Gasteiger partial charge in [0.2, 0.25) is 10.0 Å². The van der Waals surface area contributed by atoms with E-state index in [0.29, 0.717) is 0 Å². The highest BCUT2D eigenvalue weighted by molar-refractivity contribution is 7.90. The van der Waals surface area contributed by atoms with E-state index < -0.39 is 10.0 Å². The molecule has 3 rings (SSSR count). The van der Waals surface area contributed by atoms with Crippen LogP contribution in [0.1, 0.15) is 30.0 Å². The van der Waals surface area contributed by atoms with Gasteiger partial charge in [0.25, 0.3) is 0 Å². The number of rotatable bonds is 3. The summed E-state index contributed by atoms with van der Waals surface area (Å²) in [4.78, 5) is 2.16. The number of nitrogens with zero attached hydrogens (tertiary/aromatic N) is 1. The Balaban J connectivity index is 1.88. The molecule has 1 heterocycles. The smallest absolute Gasteiger partial charge is 0.215 e. The van der Waals surface area contributed by atoms with Gasteiger partial charge in [-0.3, -0.25) is 0 Å². The van der Waals surface area contributed by atoms with Crippen molar-refractivity contribution in [3.8, 4) is 0 Å². The molecule has 98 valence electrons. The van der Waals surface area contributed by atoms with Crippen LogP contribution >= 0.6 is 0 Å². The van der Waals surface area contributed by atoms with Crippen molar-refractivity contribution in [1.82, 2.24) is 9.62 Å². The highest BCUT2D eigenvalue weighted by atomic mass is 32.2.